The van der Waals surface area contributed by atoms with Gasteiger partial charge in [0.1, 0.15) is 18.2 Å². The molecule has 0 aliphatic carbocycles. The fraction of sp³-hybridized carbons (Fsp3) is 0.409. The van der Waals surface area contributed by atoms with E-state index in [2.05, 4.69) is 26.3 Å². The maximum atomic E-state index is 11.9. The molecule has 2 aromatic rings. The lowest BCUT2D eigenvalue weighted by atomic mass is 10.2. The molecule has 0 bridgehead atoms. The van der Waals surface area contributed by atoms with Gasteiger partial charge >= 0.3 is 6.01 Å². The molecule has 0 spiro atoms. The van der Waals surface area contributed by atoms with Gasteiger partial charge in [0.05, 0.1) is 5.69 Å². The first-order valence-corrected chi connectivity index (χ1v) is 10.9. The van der Waals surface area contributed by atoms with Crippen molar-refractivity contribution in [3.8, 4) is 11.8 Å². The van der Waals surface area contributed by atoms with Gasteiger partial charge in [-0.25, -0.2) is 0 Å². The Hall–Kier alpha value is -2.88. The van der Waals surface area contributed by atoms with E-state index in [0.717, 1.165) is 22.6 Å². The number of rotatable bonds is 7. The molecule has 0 radical (unpaired) electrons. The summed E-state index contributed by atoms with van der Waals surface area (Å²) in [6, 6.07) is 5.27. The largest absolute Gasteiger partial charge is 0.508 e. The number of nitrogens with two attached hydrogens (primary N) is 1. The highest BCUT2D eigenvalue weighted by Crippen LogP contribution is 2.33. The average Bonchev–Trinajstić information content (AvgIpc) is 3.21. The number of fused-ring (bicyclic) bond motifs is 1. The third kappa shape index (κ3) is 4.79. The summed E-state index contributed by atoms with van der Waals surface area (Å²) in [7, 11) is 0. The number of amides is 1. The average molecular weight is 459 g/mol. The van der Waals surface area contributed by atoms with Gasteiger partial charge in [-0.3, -0.25) is 9.69 Å². The number of aromatic nitrogens is 2. The van der Waals surface area contributed by atoms with E-state index < -0.39 is 0 Å². The number of benzene rings is 1. The topological polar surface area (TPSA) is 108 Å². The summed E-state index contributed by atoms with van der Waals surface area (Å²) < 4.78 is 5.65. The molecule has 1 aromatic carbocycles. The summed E-state index contributed by atoms with van der Waals surface area (Å²) in [5, 5.41) is 10.4. The Labute approximate surface area is 192 Å². The summed E-state index contributed by atoms with van der Waals surface area (Å²) in [5.74, 6) is 0.960. The predicted molar refractivity (Wildman–Crippen MR) is 122 cm³/mol. The minimum Gasteiger partial charge on any atom is -0.508 e. The third-order valence-electron chi connectivity index (χ3n) is 5.64. The number of hydrogen-bond acceptors (Lipinski definition) is 8. The first kappa shape index (κ1) is 22.3. The van der Waals surface area contributed by atoms with Crippen molar-refractivity contribution in [2.75, 3.05) is 44.2 Å². The van der Waals surface area contributed by atoms with Gasteiger partial charge in [0.25, 0.3) is 0 Å². The first-order chi connectivity index (χ1) is 15.5. The van der Waals surface area contributed by atoms with Crippen LogP contribution < -0.4 is 15.4 Å². The number of piperazine rings is 1. The van der Waals surface area contributed by atoms with Crippen LogP contribution in [0.25, 0.3) is 0 Å². The van der Waals surface area contributed by atoms with Crippen molar-refractivity contribution >= 4 is 23.3 Å². The zero-order valence-corrected chi connectivity index (χ0v) is 18.6. The highest BCUT2D eigenvalue weighted by Gasteiger charge is 2.30. The van der Waals surface area contributed by atoms with Crippen molar-refractivity contribution in [1.82, 2.24) is 19.8 Å². The maximum absolute atomic E-state index is 11.9. The van der Waals surface area contributed by atoms with Gasteiger partial charge in [-0.05, 0) is 29.8 Å². The van der Waals surface area contributed by atoms with Crippen LogP contribution in [-0.2, 0) is 24.4 Å². The molecule has 10 heteroatoms. The second-order valence-electron chi connectivity index (χ2n) is 7.83. The Balaban J connectivity index is 1.56. The molecule has 1 aromatic heterocycles. The van der Waals surface area contributed by atoms with Crippen LogP contribution in [0.5, 0.6) is 11.8 Å². The first-order valence-electron chi connectivity index (χ1n) is 10.6. The van der Waals surface area contributed by atoms with E-state index in [0.29, 0.717) is 70.0 Å². The van der Waals surface area contributed by atoms with Gasteiger partial charge in [0, 0.05) is 62.9 Å². The number of nitrogens with zero attached hydrogens (tertiary/aromatic N) is 5. The van der Waals surface area contributed by atoms with Crippen molar-refractivity contribution < 1.29 is 14.6 Å². The van der Waals surface area contributed by atoms with E-state index >= 15 is 0 Å². The Morgan fingerprint density at radius 1 is 1.25 bits per heavy atom. The monoisotopic (exact) mass is 458 g/mol. The van der Waals surface area contributed by atoms with E-state index in [1.165, 1.54) is 6.08 Å². The van der Waals surface area contributed by atoms with Crippen molar-refractivity contribution in [2.24, 2.45) is 5.73 Å². The maximum Gasteiger partial charge on any atom is 0.318 e. The molecule has 3 heterocycles. The van der Waals surface area contributed by atoms with Crippen molar-refractivity contribution in [3.05, 3.63) is 52.7 Å². The molecule has 3 N–H and O–H groups in total. The van der Waals surface area contributed by atoms with Crippen LogP contribution in [0.4, 0.5) is 5.82 Å². The van der Waals surface area contributed by atoms with Gasteiger partial charge < -0.3 is 25.4 Å². The number of anilines is 1. The molecular weight excluding hydrogens is 432 g/mol. The second-order valence-corrected chi connectivity index (χ2v) is 8.24. The quantitative estimate of drug-likeness (QED) is 0.601. The van der Waals surface area contributed by atoms with Crippen LogP contribution in [0, 0.1) is 0 Å². The molecule has 0 saturated carbocycles. The van der Waals surface area contributed by atoms with Crippen LogP contribution in [0.15, 0.2) is 30.9 Å². The summed E-state index contributed by atoms with van der Waals surface area (Å²) in [6.45, 7) is 8.66. The summed E-state index contributed by atoms with van der Waals surface area (Å²) >= 11 is 6.33. The molecular formula is C22H27ClN6O3. The van der Waals surface area contributed by atoms with Crippen LogP contribution >= 0.6 is 11.6 Å². The highest BCUT2D eigenvalue weighted by atomic mass is 35.5. The number of hydrogen-bond donors (Lipinski definition) is 2. The zero-order chi connectivity index (χ0) is 22.7. The molecule has 4 rings (SSSR count). The number of carbonyl (C=O) groups excluding carboxylic acids is 1. The van der Waals surface area contributed by atoms with Gasteiger partial charge in [-0.1, -0.05) is 18.2 Å². The molecule has 0 atom stereocenters. The van der Waals surface area contributed by atoms with Gasteiger partial charge in [0.15, 0.2) is 0 Å². The normalized spacial score (nSPS) is 16.2. The van der Waals surface area contributed by atoms with Crippen LogP contribution in [-0.4, -0.2) is 70.1 Å². The number of carbonyl (C=O) groups is 1. The molecule has 9 nitrogen and oxygen atoms in total. The van der Waals surface area contributed by atoms with Gasteiger partial charge in [-0.2, -0.15) is 9.97 Å². The Morgan fingerprint density at radius 3 is 2.75 bits per heavy atom. The summed E-state index contributed by atoms with van der Waals surface area (Å²) in [6.07, 6.45) is 1.35. The summed E-state index contributed by atoms with van der Waals surface area (Å²) in [5.41, 5.74) is 8.39. The molecule has 1 fully saturated rings. The standard InChI is InChI=1S/C22H27ClN6O3/c1-2-20(31)28-6-8-29(9-7-28)21-17-13-27(12-15-11-16(30)3-4-18(15)23)14-19(17)25-22(26-21)32-10-5-24/h2-4,11,30H,1,5-10,12-14,24H2. The fourth-order valence-electron chi connectivity index (χ4n) is 4.06. The molecule has 1 amide bonds. The highest BCUT2D eigenvalue weighted by molar-refractivity contribution is 6.31. The molecule has 32 heavy (non-hydrogen) atoms. The number of aromatic hydroxyl groups is 1. The third-order valence-corrected chi connectivity index (χ3v) is 6.01. The number of ether oxygens (including phenoxy) is 1. The number of phenolic OH excluding ortho intramolecular Hbond substituents is 1. The predicted octanol–water partition coefficient (Wildman–Crippen LogP) is 1.52. The lowest BCUT2D eigenvalue weighted by Crippen LogP contribution is -2.48. The molecule has 2 aliphatic heterocycles. The number of phenols is 1. The van der Waals surface area contributed by atoms with E-state index in [1.807, 2.05) is 0 Å². The van der Waals surface area contributed by atoms with Crippen LogP contribution in [0.2, 0.25) is 5.02 Å². The van der Waals surface area contributed by atoms with Crippen molar-refractivity contribution in [3.63, 3.8) is 0 Å². The zero-order valence-electron chi connectivity index (χ0n) is 17.8. The summed E-state index contributed by atoms with van der Waals surface area (Å²) in [4.78, 5) is 27.4. The molecule has 0 unspecified atom stereocenters. The van der Waals surface area contributed by atoms with Gasteiger partial charge in [0.2, 0.25) is 5.91 Å². The van der Waals surface area contributed by atoms with Crippen LogP contribution in [0.1, 0.15) is 16.8 Å². The minimum absolute atomic E-state index is 0.0568. The second kappa shape index (κ2) is 9.72. The molecule has 1 saturated heterocycles. The van der Waals surface area contributed by atoms with E-state index in [9.17, 15) is 9.90 Å². The smallest absolute Gasteiger partial charge is 0.318 e. The fourth-order valence-corrected chi connectivity index (χ4v) is 4.24. The molecule has 170 valence electrons. The Kier molecular flexibility index (Phi) is 6.78. The van der Waals surface area contributed by atoms with Gasteiger partial charge in [-0.15, -0.1) is 0 Å². The minimum atomic E-state index is -0.0568. The van der Waals surface area contributed by atoms with E-state index in [4.69, 9.17) is 22.1 Å². The van der Waals surface area contributed by atoms with Crippen molar-refractivity contribution in [1.29, 1.82) is 0 Å². The van der Waals surface area contributed by atoms with E-state index in [1.54, 1.807) is 23.1 Å². The van der Waals surface area contributed by atoms with Crippen LogP contribution in [0.3, 0.4) is 0 Å². The number of halogens is 1. The Morgan fingerprint density at radius 2 is 2.03 bits per heavy atom. The Bertz CT molecular complexity index is 1010. The lowest BCUT2D eigenvalue weighted by molar-refractivity contribution is -0.126. The SMILES string of the molecule is C=CC(=O)N1CCN(c2nc(OCCN)nc3c2CN(Cc2cc(O)ccc2Cl)C3)CC1. The molecule has 2 aliphatic rings. The lowest BCUT2D eigenvalue weighted by Gasteiger charge is -2.35. The van der Waals surface area contributed by atoms with Crippen molar-refractivity contribution in [2.45, 2.75) is 19.6 Å². The van der Waals surface area contributed by atoms with E-state index in [-0.39, 0.29) is 11.7 Å².